The van der Waals surface area contributed by atoms with E-state index in [4.69, 9.17) is 0 Å². The van der Waals surface area contributed by atoms with Crippen molar-refractivity contribution in [3.8, 4) is 0 Å². The van der Waals surface area contributed by atoms with Gasteiger partial charge in [-0.15, -0.1) is 0 Å². The normalized spacial score (nSPS) is 10.8. The first-order valence-corrected chi connectivity index (χ1v) is 9.74. The maximum absolute atomic E-state index is 12.1. The highest BCUT2D eigenvalue weighted by molar-refractivity contribution is 5.70. The fraction of sp³-hybridized carbons (Fsp3) is 0.737. The van der Waals surface area contributed by atoms with Gasteiger partial charge in [0, 0.05) is 20.6 Å². The average molecular weight is 366 g/mol. The van der Waals surface area contributed by atoms with E-state index in [2.05, 4.69) is 24.1 Å². The fourth-order valence-corrected chi connectivity index (χ4v) is 2.78. The van der Waals surface area contributed by atoms with E-state index in [0.717, 1.165) is 23.4 Å². The fourth-order valence-electron chi connectivity index (χ4n) is 2.78. The molecule has 148 valence electrons. The van der Waals surface area contributed by atoms with E-state index in [1.165, 1.54) is 50.4 Å². The molecule has 0 fully saturated rings. The summed E-state index contributed by atoms with van der Waals surface area (Å²) in [6.45, 7) is 11.5. The third-order valence-electron chi connectivity index (χ3n) is 4.40. The lowest BCUT2D eigenvalue weighted by molar-refractivity contribution is 0.611. The van der Waals surface area contributed by atoms with Crippen molar-refractivity contribution in [2.24, 2.45) is 14.1 Å². The number of aryl methyl sites for hydroxylation is 3. The Kier molecular flexibility index (Phi) is 9.34. The molecule has 0 unspecified atom stereocenters. The zero-order valence-corrected chi connectivity index (χ0v) is 17.3. The summed E-state index contributed by atoms with van der Waals surface area (Å²) in [7, 11) is 3.12. The van der Waals surface area contributed by atoms with Crippen molar-refractivity contribution in [1.82, 2.24) is 24.0 Å². The first-order valence-electron chi connectivity index (χ1n) is 9.74. The Morgan fingerprint density at radius 3 is 2.00 bits per heavy atom. The van der Waals surface area contributed by atoms with E-state index in [1.807, 2.05) is 18.4 Å². The number of hydrogen-bond acceptors (Lipinski definition) is 4. The summed E-state index contributed by atoms with van der Waals surface area (Å²) in [6, 6.07) is 0. The number of nitrogens with zero attached hydrogens (tertiary/aromatic N) is 4. The van der Waals surface area contributed by atoms with Gasteiger partial charge in [0.15, 0.2) is 11.2 Å². The molecule has 0 saturated carbocycles. The third kappa shape index (κ3) is 5.30. The molecule has 0 amide bonds. The number of imidazole rings is 1. The minimum Gasteiger partial charge on any atom is -0.322 e. The highest BCUT2D eigenvalue weighted by Crippen LogP contribution is 2.10. The Hall–Kier alpha value is -1.89. The lowest BCUT2D eigenvalue weighted by Crippen LogP contribution is -2.37. The summed E-state index contributed by atoms with van der Waals surface area (Å²) >= 11 is 0. The number of nitrogens with one attached hydrogen (secondary N) is 1. The molecule has 7 nitrogen and oxygen atoms in total. The molecule has 2 rings (SSSR count). The van der Waals surface area contributed by atoms with Crippen LogP contribution in [0.2, 0.25) is 0 Å². The lowest BCUT2D eigenvalue weighted by Gasteiger charge is -2.06. The van der Waals surface area contributed by atoms with Crippen molar-refractivity contribution in [1.29, 1.82) is 0 Å². The molecule has 0 bridgehead atoms. The predicted molar refractivity (Wildman–Crippen MR) is 108 cm³/mol. The number of fused-ring (bicyclic) bond motifs is 1. The highest BCUT2D eigenvalue weighted by atomic mass is 16.2. The summed E-state index contributed by atoms with van der Waals surface area (Å²) in [4.78, 5) is 28.2. The largest absolute Gasteiger partial charge is 0.332 e. The van der Waals surface area contributed by atoms with Gasteiger partial charge in [-0.25, -0.2) is 9.78 Å². The van der Waals surface area contributed by atoms with E-state index in [-0.39, 0.29) is 11.2 Å². The zero-order valence-electron chi connectivity index (χ0n) is 17.3. The molecule has 0 spiro atoms. The molecular weight excluding hydrogens is 330 g/mol. The molecule has 0 aromatic carbocycles. The van der Waals surface area contributed by atoms with E-state index in [1.54, 1.807) is 7.05 Å². The number of rotatable bonds is 8. The minimum absolute atomic E-state index is 0.280. The lowest BCUT2D eigenvalue weighted by atomic mass is 10.3. The predicted octanol–water partition coefficient (Wildman–Crippen LogP) is 2.33. The maximum Gasteiger partial charge on any atom is 0.332 e. The molecule has 2 aromatic heterocycles. The molecule has 0 saturated heterocycles. The van der Waals surface area contributed by atoms with E-state index in [9.17, 15) is 9.59 Å². The van der Waals surface area contributed by atoms with Gasteiger partial charge in [-0.05, 0) is 39.3 Å². The van der Waals surface area contributed by atoms with Crippen LogP contribution in [0.3, 0.4) is 0 Å². The van der Waals surface area contributed by atoms with Crippen LogP contribution >= 0.6 is 0 Å². The second kappa shape index (κ2) is 11.0. The molecule has 2 aromatic rings. The molecule has 0 aliphatic carbocycles. The Labute approximate surface area is 156 Å². The van der Waals surface area contributed by atoms with Gasteiger partial charge in [-0.1, -0.05) is 33.6 Å². The van der Waals surface area contributed by atoms with Crippen LogP contribution in [0.4, 0.5) is 0 Å². The summed E-state index contributed by atoms with van der Waals surface area (Å²) in [6.07, 6.45) is 6.17. The van der Waals surface area contributed by atoms with Crippen molar-refractivity contribution >= 4 is 11.2 Å². The van der Waals surface area contributed by atoms with Crippen LogP contribution in [0.5, 0.6) is 0 Å². The van der Waals surface area contributed by atoms with Gasteiger partial charge in [0.05, 0.1) is 0 Å². The van der Waals surface area contributed by atoms with E-state index >= 15 is 0 Å². The topological polar surface area (TPSA) is 73.8 Å². The number of hydrogen-bond donors (Lipinski definition) is 1. The molecule has 0 aliphatic rings. The molecule has 2 heterocycles. The Morgan fingerprint density at radius 1 is 0.923 bits per heavy atom. The van der Waals surface area contributed by atoms with Crippen LogP contribution in [0.15, 0.2) is 9.59 Å². The third-order valence-corrected chi connectivity index (χ3v) is 4.40. The first-order chi connectivity index (χ1) is 12.4. The molecule has 0 atom stereocenters. The van der Waals surface area contributed by atoms with Crippen LogP contribution in [0.1, 0.15) is 58.7 Å². The van der Waals surface area contributed by atoms with Crippen LogP contribution in [0, 0.1) is 6.92 Å². The number of unbranched alkanes of at least 4 members (excludes halogenated alkanes) is 2. The van der Waals surface area contributed by atoms with Gasteiger partial charge >= 0.3 is 5.69 Å². The van der Waals surface area contributed by atoms with Gasteiger partial charge in [0.25, 0.3) is 5.56 Å². The van der Waals surface area contributed by atoms with E-state index in [0.29, 0.717) is 11.2 Å². The molecule has 26 heavy (non-hydrogen) atoms. The van der Waals surface area contributed by atoms with Gasteiger partial charge < -0.3 is 9.88 Å². The Bertz CT molecular complexity index is 795. The molecule has 0 radical (unpaired) electrons. The summed E-state index contributed by atoms with van der Waals surface area (Å²) in [5.74, 6) is 0.764. The Balaban J connectivity index is 0.000000321. The average Bonchev–Trinajstić information content (AvgIpc) is 2.96. The van der Waals surface area contributed by atoms with Crippen molar-refractivity contribution in [2.75, 3.05) is 13.1 Å². The molecule has 0 aliphatic heterocycles. The monoisotopic (exact) mass is 365 g/mol. The zero-order chi connectivity index (χ0) is 19.7. The van der Waals surface area contributed by atoms with Crippen LogP contribution in [0.25, 0.3) is 11.2 Å². The van der Waals surface area contributed by atoms with Crippen molar-refractivity contribution in [3.05, 3.63) is 26.7 Å². The standard InChI is InChI=1S/C11H16N4O2.C8H19N/c1-5-6-15-7(2)12-9-8(15)10(16)14(4)11(17)13(9)3;1-3-5-7-9-8-6-4-2/h5-6H2,1-4H3;9H,3-8H2,1-2H3. The molecule has 7 heteroatoms. The van der Waals surface area contributed by atoms with Crippen molar-refractivity contribution in [3.63, 3.8) is 0 Å². The maximum atomic E-state index is 12.1. The summed E-state index contributed by atoms with van der Waals surface area (Å²) in [5, 5.41) is 3.39. The molecular formula is C19H35N5O2. The second-order valence-electron chi connectivity index (χ2n) is 6.65. The minimum atomic E-state index is -0.344. The molecule has 1 N–H and O–H groups in total. The summed E-state index contributed by atoms with van der Waals surface area (Å²) in [5.41, 5.74) is 0.346. The first kappa shape index (κ1) is 22.2. The van der Waals surface area contributed by atoms with Crippen LogP contribution in [-0.2, 0) is 20.6 Å². The van der Waals surface area contributed by atoms with E-state index < -0.39 is 0 Å². The van der Waals surface area contributed by atoms with Gasteiger partial charge in [-0.2, -0.15) is 0 Å². The van der Waals surface area contributed by atoms with Crippen LogP contribution < -0.4 is 16.6 Å². The van der Waals surface area contributed by atoms with Crippen LogP contribution in [-0.4, -0.2) is 31.8 Å². The number of aromatic nitrogens is 4. The smallest absolute Gasteiger partial charge is 0.322 e. The Morgan fingerprint density at radius 2 is 1.50 bits per heavy atom. The van der Waals surface area contributed by atoms with Gasteiger partial charge in [-0.3, -0.25) is 13.9 Å². The summed E-state index contributed by atoms with van der Waals surface area (Å²) < 4.78 is 4.41. The SMILES string of the molecule is CCCCNCCCC.CCCn1c(C)nc2c1c(=O)n(C)c(=O)n2C. The van der Waals surface area contributed by atoms with Gasteiger partial charge in [0.2, 0.25) is 0 Å². The second-order valence-corrected chi connectivity index (χ2v) is 6.65. The van der Waals surface area contributed by atoms with Gasteiger partial charge in [0.1, 0.15) is 5.82 Å². The highest BCUT2D eigenvalue weighted by Gasteiger charge is 2.16. The van der Waals surface area contributed by atoms with Crippen molar-refractivity contribution < 1.29 is 0 Å². The quantitative estimate of drug-likeness (QED) is 0.729. The van der Waals surface area contributed by atoms with Crippen molar-refractivity contribution in [2.45, 2.75) is 66.3 Å².